The third-order valence-electron chi connectivity index (χ3n) is 4.49. The van der Waals surface area contributed by atoms with Crippen molar-refractivity contribution >= 4 is 5.97 Å². The molecule has 132 valence electrons. The molecule has 1 heterocycles. The summed E-state index contributed by atoms with van der Waals surface area (Å²) in [5.74, 6) is -0.296. The molecule has 1 fully saturated rings. The Balaban J connectivity index is 1.73. The number of rotatable bonds is 7. The molecular formula is C21H25NO3. The predicted molar refractivity (Wildman–Crippen MR) is 97.3 cm³/mol. The van der Waals surface area contributed by atoms with E-state index in [-0.39, 0.29) is 5.97 Å². The highest BCUT2D eigenvalue weighted by molar-refractivity contribution is 5.89. The van der Waals surface area contributed by atoms with E-state index in [1.807, 2.05) is 18.2 Å². The average Bonchev–Trinajstić information content (AvgIpc) is 3.15. The van der Waals surface area contributed by atoms with E-state index in [9.17, 15) is 4.79 Å². The molecule has 1 saturated heterocycles. The zero-order valence-corrected chi connectivity index (χ0v) is 14.7. The van der Waals surface area contributed by atoms with Gasteiger partial charge in [0.1, 0.15) is 0 Å². The number of esters is 1. The fourth-order valence-corrected chi connectivity index (χ4v) is 3.28. The lowest BCUT2D eigenvalue weighted by Crippen LogP contribution is -2.31. The molecular weight excluding hydrogens is 314 g/mol. The second-order valence-electron chi connectivity index (χ2n) is 6.48. The predicted octanol–water partition coefficient (Wildman–Crippen LogP) is 3.65. The van der Waals surface area contributed by atoms with Gasteiger partial charge in [-0.1, -0.05) is 42.5 Å². The van der Waals surface area contributed by atoms with Gasteiger partial charge < -0.3 is 9.47 Å². The highest BCUT2D eigenvalue weighted by Gasteiger charge is 2.20. The van der Waals surface area contributed by atoms with Gasteiger partial charge in [-0.15, -0.1) is 0 Å². The molecule has 2 aromatic rings. The molecule has 0 spiro atoms. The number of hydrogen-bond acceptors (Lipinski definition) is 4. The maximum absolute atomic E-state index is 11.8. The summed E-state index contributed by atoms with van der Waals surface area (Å²) in [7, 11) is 1.41. The minimum absolute atomic E-state index is 0.296. The Kier molecular flexibility index (Phi) is 6.20. The van der Waals surface area contributed by atoms with Crippen molar-refractivity contribution in [2.45, 2.75) is 32.0 Å². The first-order valence-corrected chi connectivity index (χ1v) is 8.80. The maximum atomic E-state index is 11.8. The lowest BCUT2D eigenvalue weighted by atomic mass is 10.1. The van der Waals surface area contributed by atoms with E-state index in [2.05, 4.69) is 35.2 Å². The number of hydrogen-bond donors (Lipinski definition) is 0. The molecule has 1 aliphatic heterocycles. The molecule has 0 radical (unpaired) electrons. The van der Waals surface area contributed by atoms with Crippen LogP contribution in [-0.2, 0) is 22.6 Å². The Bertz CT molecular complexity index is 681. The molecule has 0 aromatic heterocycles. The molecule has 1 unspecified atom stereocenters. The van der Waals surface area contributed by atoms with Crippen LogP contribution >= 0.6 is 0 Å². The molecule has 0 saturated carbocycles. The number of methoxy groups -OCH3 is 1. The van der Waals surface area contributed by atoms with Crippen LogP contribution in [0.1, 0.15) is 34.3 Å². The second kappa shape index (κ2) is 8.79. The summed E-state index contributed by atoms with van der Waals surface area (Å²) in [5.41, 5.74) is 2.98. The number of nitrogens with zero attached hydrogens (tertiary/aromatic N) is 1. The first-order valence-electron chi connectivity index (χ1n) is 8.80. The summed E-state index contributed by atoms with van der Waals surface area (Å²) < 4.78 is 10.6. The third kappa shape index (κ3) is 5.15. The van der Waals surface area contributed by atoms with Gasteiger partial charge in [-0.25, -0.2) is 4.79 Å². The van der Waals surface area contributed by atoms with Crippen LogP contribution in [0.3, 0.4) is 0 Å². The van der Waals surface area contributed by atoms with Crippen LogP contribution in [0.5, 0.6) is 0 Å². The Morgan fingerprint density at radius 2 is 1.88 bits per heavy atom. The van der Waals surface area contributed by atoms with Gasteiger partial charge in [0.05, 0.1) is 18.8 Å². The minimum Gasteiger partial charge on any atom is -0.465 e. The normalized spacial score (nSPS) is 17.0. The van der Waals surface area contributed by atoms with Crippen LogP contribution in [0.15, 0.2) is 54.6 Å². The van der Waals surface area contributed by atoms with Crippen LogP contribution < -0.4 is 0 Å². The quantitative estimate of drug-likeness (QED) is 0.722. The van der Waals surface area contributed by atoms with Gasteiger partial charge in [-0.05, 0) is 36.1 Å². The summed E-state index contributed by atoms with van der Waals surface area (Å²) >= 11 is 0. The Hall–Kier alpha value is -2.17. The van der Waals surface area contributed by atoms with Crippen LogP contribution in [0.25, 0.3) is 0 Å². The maximum Gasteiger partial charge on any atom is 0.337 e. The lowest BCUT2D eigenvalue weighted by molar-refractivity contribution is 0.0599. The second-order valence-corrected chi connectivity index (χ2v) is 6.48. The fourth-order valence-electron chi connectivity index (χ4n) is 3.28. The van der Waals surface area contributed by atoms with Crippen molar-refractivity contribution in [1.29, 1.82) is 0 Å². The molecule has 0 N–H and O–H groups in total. The smallest absolute Gasteiger partial charge is 0.337 e. The van der Waals surface area contributed by atoms with Gasteiger partial charge in [0, 0.05) is 26.2 Å². The number of carbonyl (C=O) groups is 1. The van der Waals surface area contributed by atoms with E-state index in [0.29, 0.717) is 11.7 Å². The molecule has 4 nitrogen and oxygen atoms in total. The standard InChI is InChI=1S/C21H25NO3/c1-24-21(23)19-10-5-9-18(13-19)15-22(16-20-11-6-12-25-20)14-17-7-3-2-4-8-17/h2-5,7-10,13,20H,6,11-12,14-16H2,1H3. The van der Waals surface area contributed by atoms with Gasteiger partial charge in [0.15, 0.2) is 0 Å². The van der Waals surface area contributed by atoms with Crippen molar-refractivity contribution in [2.24, 2.45) is 0 Å². The largest absolute Gasteiger partial charge is 0.465 e. The summed E-state index contributed by atoms with van der Waals surface area (Å²) in [4.78, 5) is 14.2. The Morgan fingerprint density at radius 1 is 1.12 bits per heavy atom. The van der Waals surface area contributed by atoms with Gasteiger partial charge in [-0.2, -0.15) is 0 Å². The Labute approximate surface area is 149 Å². The van der Waals surface area contributed by atoms with Crippen molar-refractivity contribution in [1.82, 2.24) is 4.90 Å². The molecule has 0 amide bonds. The topological polar surface area (TPSA) is 38.8 Å². The average molecular weight is 339 g/mol. The fraction of sp³-hybridized carbons (Fsp3) is 0.381. The van der Waals surface area contributed by atoms with E-state index < -0.39 is 0 Å². The highest BCUT2D eigenvalue weighted by Crippen LogP contribution is 2.18. The molecule has 1 aliphatic rings. The summed E-state index contributed by atoms with van der Waals surface area (Å²) in [5, 5.41) is 0. The van der Waals surface area contributed by atoms with E-state index in [4.69, 9.17) is 9.47 Å². The van der Waals surface area contributed by atoms with E-state index >= 15 is 0 Å². The lowest BCUT2D eigenvalue weighted by Gasteiger charge is -2.25. The molecule has 1 atom stereocenters. The van der Waals surface area contributed by atoms with Crippen molar-refractivity contribution in [3.8, 4) is 0 Å². The van der Waals surface area contributed by atoms with Crippen LogP contribution in [-0.4, -0.2) is 37.2 Å². The highest BCUT2D eigenvalue weighted by atomic mass is 16.5. The van der Waals surface area contributed by atoms with Gasteiger partial charge in [0.25, 0.3) is 0 Å². The zero-order valence-electron chi connectivity index (χ0n) is 14.7. The SMILES string of the molecule is COC(=O)c1cccc(CN(Cc2ccccc2)CC2CCCO2)c1. The van der Waals surface area contributed by atoms with Crippen molar-refractivity contribution < 1.29 is 14.3 Å². The number of benzene rings is 2. The molecule has 0 bridgehead atoms. The summed E-state index contributed by atoms with van der Waals surface area (Å²) in [6.45, 7) is 3.40. The van der Waals surface area contributed by atoms with Crippen molar-refractivity contribution in [3.63, 3.8) is 0 Å². The molecule has 25 heavy (non-hydrogen) atoms. The van der Waals surface area contributed by atoms with Crippen LogP contribution in [0, 0.1) is 0 Å². The number of carbonyl (C=O) groups excluding carboxylic acids is 1. The van der Waals surface area contributed by atoms with Gasteiger partial charge in [0.2, 0.25) is 0 Å². The van der Waals surface area contributed by atoms with Crippen LogP contribution in [0.2, 0.25) is 0 Å². The van der Waals surface area contributed by atoms with E-state index in [1.165, 1.54) is 12.7 Å². The third-order valence-corrected chi connectivity index (χ3v) is 4.49. The first-order chi connectivity index (χ1) is 12.2. The summed E-state index contributed by atoms with van der Waals surface area (Å²) in [6.07, 6.45) is 2.56. The van der Waals surface area contributed by atoms with Crippen LogP contribution in [0.4, 0.5) is 0 Å². The molecule has 3 rings (SSSR count). The molecule has 2 aromatic carbocycles. The van der Waals surface area contributed by atoms with Gasteiger partial charge in [-0.3, -0.25) is 4.90 Å². The summed E-state index contributed by atoms with van der Waals surface area (Å²) in [6, 6.07) is 18.1. The monoisotopic (exact) mass is 339 g/mol. The van der Waals surface area contributed by atoms with Crippen molar-refractivity contribution in [2.75, 3.05) is 20.3 Å². The number of ether oxygens (including phenoxy) is 2. The molecule has 0 aliphatic carbocycles. The van der Waals surface area contributed by atoms with E-state index in [1.54, 1.807) is 6.07 Å². The van der Waals surface area contributed by atoms with Gasteiger partial charge >= 0.3 is 5.97 Å². The Morgan fingerprint density at radius 3 is 2.60 bits per heavy atom. The minimum atomic E-state index is -0.296. The first kappa shape index (κ1) is 17.6. The van der Waals surface area contributed by atoms with E-state index in [0.717, 1.165) is 44.6 Å². The molecule has 4 heteroatoms. The zero-order chi connectivity index (χ0) is 17.5. The van der Waals surface area contributed by atoms with Crippen molar-refractivity contribution in [3.05, 3.63) is 71.3 Å².